The monoisotopic (exact) mass is 561 g/mol. The average Bonchev–Trinajstić information content (AvgIpc) is 3.22. The van der Waals surface area contributed by atoms with Crippen molar-refractivity contribution in [2.24, 2.45) is 5.92 Å². The minimum absolute atomic E-state index is 0.00000700. The lowest BCUT2D eigenvalue weighted by Gasteiger charge is -2.49. The zero-order chi connectivity index (χ0) is 24.6. The van der Waals surface area contributed by atoms with Gasteiger partial charge in [0.2, 0.25) is 5.91 Å². The Balaban J connectivity index is 1.31. The van der Waals surface area contributed by atoms with Crippen molar-refractivity contribution in [2.75, 3.05) is 26.8 Å². The summed E-state index contributed by atoms with van der Waals surface area (Å²) in [5.41, 5.74) is 2.63. The lowest BCUT2D eigenvalue weighted by atomic mass is 9.77. The molecule has 1 saturated heterocycles. The Hall–Kier alpha value is -1.97. The number of aromatic nitrogens is 1. The third kappa shape index (κ3) is 4.87. The fraction of sp³-hybridized carbons (Fsp3) is 0.577. The molecular formula is C26H32BrN3O4S. The summed E-state index contributed by atoms with van der Waals surface area (Å²) in [5, 5.41) is 3.37. The molecule has 2 heterocycles. The molecule has 2 aliphatic carbocycles. The number of methoxy groups -OCH3 is 1. The van der Waals surface area contributed by atoms with Crippen LogP contribution < -0.4 is 10.1 Å². The number of aryl methyl sites for hydroxylation is 2. The number of fused-ring (bicyclic) bond motifs is 1. The zero-order valence-electron chi connectivity index (χ0n) is 20.3. The van der Waals surface area contributed by atoms with Gasteiger partial charge in [-0.25, -0.2) is 4.98 Å². The van der Waals surface area contributed by atoms with Crippen molar-refractivity contribution in [2.45, 2.75) is 63.5 Å². The average molecular weight is 563 g/mol. The Labute approximate surface area is 218 Å². The van der Waals surface area contributed by atoms with Crippen LogP contribution in [0.4, 0.5) is 0 Å². The third-order valence-corrected chi connectivity index (χ3v) is 9.39. The lowest BCUT2D eigenvalue weighted by Crippen LogP contribution is -2.65. The Bertz CT molecular complexity index is 1100. The van der Waals surface area contributed by atoms with E-state index < -0.39 is 5.60 Å². The lowest BCUT2D eigenvalue weighted by molar-refractivity contribution is -0.146. The number of thiazole rings is 1. The molecule has 0 radical (unpaired) electrons. The summed E-state index contributed by atoms with van der Waals surface area (Å²) in [5.74, 6) is 0.863. The molecule has 3 atom stereocenters. The summed E-state index contributed by atoms with van der Waals surface area (Å²) in [7, 11) is 1.69. The number of nitrogens with one attached hydrogen (secondary N) is 1. The van der Waals surface area contributed by atoms with Crippen LogP contribution in [0.15, 0.2) is 22.1 Å². The Morgan fingerprint density at radius 3 is 2.94 bits per heavy atom. The van der Waals surface area contributed by atoms with E-state index in [1.54, 1.807) is 7.11 Å². The van der Waals surface area contributed by atoms with Crippen LogP contribution in [0, 0.1) is 12.8 Å². The number of amides is 2. The van der Waals surface area contributed by atoms with Crippen LogP contribution in [-0.2, 0) is 22.4 Å². The largest absolute Gasteiger partial charge is 0.496 e. The highest BCUT2D eigenvalue weighted by molar-refractivity contribution is 9.11. The Morgan fingerprint density at radius 1 is 1.31 bits per heavy atom. The van der Waals surface area contributed by atoms with Crippen molar-refractivity contribution in [3.05, 3.63) is 43.8 Å². The van der Waals surface area contributed by atoms with Gasteiger partial charge in [-0.15, -0.1) is 11.3 Å². The van der Waals surface area contributed by atoms with Gasteiger partial charge in [0.25, 0.3) is 5.91 Å². The van der Waals surface area contributed by atoms with E-state index in [2.05, 4.69) is 32.3 Å². The van der Waals surface area contributed by atoms with Crippen molar-refractivity contribution in [1.82, 2.24) is 15.2 Å². The molecule has 1 aromatic heterocycles. The van der Waals surface area contributed by atoms with Crippen molar-refractivity contribution in [3.63, 3.8) is 0 Å². The normalized spacial score (nSPS) is 26.3. The summed E-state index contributed by atoms with van der Waals surface area (Å²) >= 11 is 4.77. The number of benzene rings is 1. The second-order valence-corrected chi connectivity index (χ2v) is 12.1. The molecule has 1 saturated carbocycles. The smallest absolute Gasteiger partial charge is 0.266 e. The minimum Gasteiger partial charge on any atom is -0.496 e. The predicted octanol–water partition coefficient (Wildman–Crippen LogP) is 4.30. The molecule has 3 aliphatic rings. The van der Waals surface area contributed by atoms with Gasteiger partial charge < -0.3 is 19.7 Å². The fourth-order valence-corrected chi connectivity index (χ4v) is 7.43. The zero-order valence-corrected chi connectivity index (χ0v) is 22.7. The number of carbonyl (C=O) groups excluding carboxylic acids is 2. The van der Waals surface area contributed by atoms with E-state index in [4.69, 9.17) is 9.47 Å². The van der Waals surface area contributed by atoms with E-state index in [9.17, 15) is 9.59 Å². The predicted molar refractivity (Wildman–Crippen MR) is 138 cm³/mol. The molecule has 2 aromatic rings. The Kier molecular flexibility index (Phi) is 7.19. The molecular weight excluding hydrogens is 530 g/mol. The highest BCUT2D eigenvalue weighted by atomic mass is 79.9. The summed E-state index contributed by atoms with van der Waals surface area (Å²) in [4.78, 5) is 33.7. The quantitative estimate of drug-likeness (QED) is 0.602. The summed E-state index contributed by atoms with van der Waals surface area (Å²) in [6.45, 7) is 3.39. The van der Waals surface area contributed by atoms with Crippen molar-refractivity contribution >= 4 is 39.1 Å². The van der Waals surface area contributed by atoms with Gasteiger partial charge in [-0.1, -0.05) is 25.0 Å². The van der Waals surface area contributed by atoms with Gasteiger partial charge in [0.05, 0.1) is 32.0 Å². The van der Waals surface area contributed by atoms with Crippen molar-refractivity contribution in [3.8, 4) is 5.75 Å². The van der Waals surface area contributed by atoms with E-state index in [0.29, 0.717) is 31.0 Å². The van der Waals surface area contributed by atoms with Gasteiger partial charge in [0.1, 0.15) is 16.2 Å². The second-order valence-electron chi connectivity index (χ2n) is 9.87. The van der Waals surface area contributed by atoms with Gasteiger partial charge >= 0.3 is 0 Å². The first-order valence-electron chi connectivity index (χ1n) is 12.4. The second kappa shape index (κ2) is 10.2. The number of ether oxygens (including phenoxy) is 2. The van der Waals surface area contributed by atoms with E-state index in [1.165, 1.54) is 16.9 Å². The molecule has 2 amide bonds. The van der Waals surface area contributed by atoms with Crippen LogP contribution in [0.3, 0.4) is 0 Å². The topological polar surface area (TPSA) is 80.8 Å². The van der Waals surface area contributed by atoms with Gasteiger partial charge in [-0.2, -0.15) is 0 Å². The number of halogens is 1. The number of hydrogen-bond donors (Lipinski definition) is 1. The first-order valence-corrected chi connectivity index (χ1v) is 14.0. The molecule has 5 rings (SSSR count). The maximum absolute atomic E-state index is 13.5. The summed E-state index contributed by atoms with van der Waals surface area (Å²) in [6, 6.07) is 6.02. The fourth-order valence-electron chi connectivity index (χ4n) is 5.92. The van der Waals surface area contributed by atoms with E-state index in [1.807, 2.05) is 24.0 Å². The highest BCUT2D eigenvalue weighted by Crippen LogP contribution is 2.37. The van der Waals surface area contributed by atoms with E-state index >= 15 is 0 Å². The third-order valence-electron chi connectivity index (χ3n) is 7.79. The van der Waals surface area contributed by atoms with Crippen molar-refractivity contribution in [1.29, 1.82) is 0 Å². The molecule has 1 N–H and O–H groups in total. The Morgan fingerprint density at radius 2 is 2.17 bits per heavy atom. The van der Waals surface area contributed by atoms with E-state index in [0.717, 1.165) is 59.4 Å². The van der Waals surface area contributed by atoms with Gasteiger partial charge in [0.15, 0.2) is 3.92 Å². The highest BCUT2D eigenvalue weighted by Gasteiger charge is 2.47. The molecule has 1 aromatic carbocycles. The standard InChI is InChI=1S/C26H32BrN3O4S/c1-16-22(35-25(27)28-16)24(32)30-12-13-34-26(15-30)11-4-3-8-21(26)29-23(31)18-10-9-17-6-5-7-20(33-2)19(17)14-18/h5-7,18,21H,3-4,8-15H2,1-2H3,(H,29,31). The first kappa shape index (κ1) is 24.7. The number of rotatable bonds is 4. The van der Waals surface area contributed by atoms with Crippen molar-refractivity contribution < 1.29 is 19.1 Å². The maximum atomic E-state index is 13.5. The van der Waals surface area contributed by atoms with E-state index in [-0.39, 0.29) is 23.8 Å². The molecule has 9 heteroatoms. The molecule has 1 spiro atoms. The van der Waals surface area contributed by atoms with Crippen LogP contribution >= 0.6 is 27.3 Å². The first-order chi connectivity index (χ1) is 16.9. The van der Waals surface area contributed by atoms with Crippen LogP contribution in [0.25, 0.3) is 0 Å². The summed E-state index contributed by atoms with van der Waals surface area (Å²) in [6.07, 6.45) is 6.19. The number of hydrogen-bond acceptors (Lipinski definition) is 6. The van der Waals surface area contributed by atoms with Gasteiger partial charge in [0, 0.05) is 12.5 Å². The van der Waals surface area contributed by atoms with Gasteiger partial charge in [-0.3, -0.25) is 9.59 Å². The molecule has 188 valence electrons. The van der Waals surface area contributed by atoms with Crippen LogP contribution in [0.2, 0.25) is 0 Å². The van der Waals surface area contributed by atoms with Crippen LogP contribution in [-0.4, -0.2) is 60.1 Å². The van der Waals surface area contributed by atoms with Crippen LogP contribution in [0.5, 0.6) is 5.75 Å². The SMILES string of the molecule is COc1cccc2c1CC(C(=O)NC1CCCCC13CN(C(=O)c1sc(Br)nc1C)CCO3)CC2. The molecule has 1 aliphatic heterocycles. The molecule has 2 fully saturated rings. The molecule has 7 nitrogen and oxygen atoms in total. The number of morpholine rings is 1. The molecule has 0 bridgehead atoms. The number of nitrogens with zero attached hydrogens (tertiary/aromatic N) is 2. The van der Waals surface area contributed by atoms with Crippen LogP contribution in [0.1, 0.15) is 58.6 Å². The minimum atomic E-state index is -0.540. The maximum Gasteiger partial charge on any atom is 0.266 e. The summed E-state index contributed by atoms with van der Waals surface area (Å²) < 4.78 is 12.7. The van der Waals surface area contributed by atoms with Gasteiger partial charge in [-0.05, 0) is 72.2 Å². The molecule has 3 unspecified atom stereocenters. The number of carbonyl (C=O) groups is 2. The molecule has 35 heavy (non-hydrogen) atoms.